The van der Waals surface area contributed by atoms with Crippen molar-refractivity contribution in [2.24, 2.45) is 0 Å². The second-order valence-corrected chi connectivity index (χ2v) is 1.64. The third-order valence-electron chi connectivity index (χ3n) is 0.706. The van der Waals surface area contributed by atoms with Gasteiger partial charge in [0.05, 0.1) is 6.10 Å². The Morgan fingerprint density at radius 1 is 1.57 bits per heavy atom. The van der Waals surface area contributed by atoms with Crippen molar-refractivity contribution >= 4 is 29.6 Å². The van der Waals surface area contributed by atoms with Gasteiger partial charge in [0.2, 0.25) is 0 Å². The van der Waals surface area contributed by atoms with E-state index >= 15 is 0 Å². The zero-order valence-electron chi connectivity index (χ0n) is 4.44. The average Bonchev–Trinajstić information content (AvgIpc) is 1.35. The van der Waals surface area contributed by atoms with E-state index < -0.39 is 0 Å². The molecule has 0 aliphatic heterocycles. The minimum atomic E-state index is -0.102. The van der Waals surface area contributed by atoms with Crippen LogP contribution in [-0.2, 0) is 0 Å². The first-order valence-electron chi connectivity index (χ1n) is 2.45. The van der Waals surface area contributed by atoms with E-state index in [2.05, 4.69) is 6.92 Å². The van der Waals surface area contributed by atoms with Gasteiger partial charge in [-0.25, -0.2) is 0 Å². The topological polar surface area (TPSA) is 20.2 Å². The van der Waals surface area contributed by atoms with Crippen LogP contribution in [0.2, 0.25) is 0 Å². The molecule has 0 aromatic heterocycles. The molecular formula is C5H13NaO. The molecule has 1 atom stereocenters. The summed E-state index contributed by atoms with van der Waals surface area (Å²) in [6.45, 7) is 3.87. The van der Waals surface area contributed by atoms with Crippen LogP contribution in [0.5, 0.6) is 0 Å². The first-order valence-corrected chi connectivity index (χ1v) is 2.45. The van der Waals surface area contributed by atoms with Crippen LogP contribution >= 0.6 is 0 Å². The summed E-state index contributed by atoms with van der Waals surface area (Å²) in [6.07, 6.45) is 1.91. The summed E-state index contributed by atoms with van der Waals surface area (Å²) in [7, 11) is 0. The Kier molecular flexibility index (Phi) is 10.8. The maximum atomic E-state index is 8.55. The van der Waals surface area contributed by atoms with Crippen LogP contribution in [0.3, 0.4) is 0 Å². The first-order chi connectivity index (χ1) is 2.77. The van der Waals surface area contributed by atoms with E-state index in [4.69, 9.17) is 5.11 Å². The van der Waals surface area contributed by atoms with Crippen molar-refractivity contribution in [2.45, 2.75) is 32.8 Å². The summed E-state index contributed by atoms with van der Waals surface area (Å²) in [5, 5.41) is 8.55. The van der Waals surface area contributed by atoms with E-state index in [9.17, 15) is 0 Å². The first kappa shape index (κ1) is 10.9. The molecule has 1 N–H and O–H groups in total. The van der Waals surface area contributed by atoms with Gasteiger partial charge in [-0.1, -0.05) is 13.3 Å². The molecule has 0 bridgehead atoms. The summed E-state index contributed by atoms with van der Waals surface area (Å²) in [6, 6.07) is 0. The number of aliphatic hydroxyl groups is 1. The number of rotatable bonds is 2. The third-order valence-corrected chi connectivity index (χ3v) is 0.706. The van der Waals surface area contributed by atoms with Crippen molar-refractivity contribution in [2.75, 3.05) is 0 Å². The fourth-order valence-corrected chi connectivity index (χ4v) is 0.418. The molecule has 0 aromatic carbocycles. The molecule has 7 heavy (non-hydrogen) atoms. The van der Waals surface area contributed by atoms with Gasteiger partial charge in [-0.2, -0.15) is 0 Å². The number of hydrogen-bond acceptors (Lipinski definition) is 1. The fourth-order valence-electron chi connectivity index (χ4n) is 0.418. The third kappa shape index (κ3) is 10.9. The van der Waals surface area contributed by atoms with E-state index in [1.54, 1.807) is 0 Å². The Hall–Kier alpha value is 0.960. The molecule has 0 radical (unpaired) electrons. The Labute approximate surface area is 67.4 Å². The van der Waals surface area contributed by atoms with Crippen molar-refractivity contribution in [1.29, 1.82) is 0 Å². The molecule has 0 unspecified atom stereocenters. The Morgan fingerprint density at radius 2 is 2.00 bits per heavy atom. The molecule has 2 heteroatoms. The van der Waals surface area contributed by atoms with Crippen LogP contribution in [-0.4, -0.2) is 40.8 Å². The van der Waals surface area contributed by atoms with Crippen molar-refractivity contribution in [3.8, 4) is 0 Å². The minimum absolute atomic E-state index is 0. The molecule has 0 heterocycles. The van der Waals surface area contributed by atoms with E-state index in [1.165, 1.54) is 0 Å². The van der Waals surface area contributed by atoms with Crippen LogP contribution in [0.4, 0.5) is 0 Å². The molecule has 0 spiro atoms. The maximum absolute atomic E-state index is 8.55. The predicted molar refractivity (Wildman–Crippen MR) is 33.7 cm³/mol. The summed E-state index contributed by atoms with van der Waals surface area (Å²) in [4.78, 5) is 0. The predicted octanol–water partition coefficient (Wildman–Crippen LogP) is 0.519. The molecule has 1 nitrogen and oxygen atoms in total. The van der Waals surface area contributed by atoms with Gasteiger partial charge in [-0.05, 0) is 13.3 Å². The molecule has 0 aliphatic rings. The summed E-state index contributed by atoms with van der Waals surface area (Å²) in [5.74, 6) is 0. The summed E-state index contributed by atoms with van der Waals surface area (Å²) < 4.78 is 0. The monoisotopic (exact) mass is 112 g/mol. The zero-order chi connectivity index (χ0) is 4.99. The van der Waals surface area contributed by atoms with Gasteiger partial charge >= 0.3 is 29.6 Å². The molecule has 0 aliphatic carbocycles. The average molecular weight is 112 g/mol. The molecule has 0 saturated carbocycles. The van der Waals surface area contributed by atoms with E-state index in [1.807, 2.05) is 6.92 Å². The van der Waals surface area contributed by atoms with Crippen molar-refractivity contribution in [3.63, 3.8) is 0 Å². The standard InChI is InChI=1S/C5H12O.Na.H/c1-3-4-5(2)6;;/h5-6H,3-4H2,1-2H3;;/t5-;;/m1../s1. The number of hydrogen-bond donors (Lipinski definition) is 1. The second-order valence-electron chi connectivity index (χ2n) is 1.64. The fraction of sp³-hybridized carbons (Fsp3) is 1.00. The Balaban J connectivity index is 0. The SMILES string of the molecule is CCC[C@@H](C)O.[NaH]. The van der Waals surface area contributed by atoms with Gasteiger partial charge in [0.25, 0.3) is 0 Å². The van der Waals surface area contributed by atoms with E-state index in [0.29, 0.717) is 0 Å². The van der Waals surface area contributed by atoms with Crippen LogP contribution in [0.1, 0.15) is 26.7 Å². The van der Waals surface area contributed by atoms with Crippen LogP contribution < -0.4 is 0 Å². The molecule has 0 amide bonds. The van der Waals surface area contributed by atoms with Gasteiger partial charge in [-0.15, -0.1) is 0 Å². The van der Waals surface area contributed by atoms with E-state index in [0.717, 1.165) is 12.8 Å². The summed E-state index contributed by atoms with van der Waals surface area (Å²) >= 11 is 0. The van der Waals surface area contributed by atoms with Gasteiger partial charge in [0, 0.05) is 0 Å². The van der Waals surface area contributed by atoms with Gasteiger partial charge < -0.3 is 5.11 Å². The molecular weight excluding hydrogens is 99.0 g/mol. The Bertz CT molecular complexity index is 29.3. The quantitative estimate of drug-likeness (QED) is 0.516. The number of aliphatic hydroxyl groups excluding tert-OH is 1. The molecule has 0 aromatic rings. The zero-order valence-corrected chi connectivity index (χ0v) is 4.44. The van der Waals surface area contributed by atoms with Crippen molar-refractivity contribution in [3.05, 3.63) is 0 Å². The van der Waals surface area contributed by atoms with Crippen molar-refractivity contribution < 1.29 is 5.11 Å². The Morgan fingerprint density at radius 3 is 2.00 bits per heavy atom. The molecule has 0 fully saturated rings. The molecule has 0 saturated heterocycles. The second kappa shape index (κ2) is 6.96. The molecule has 40 valence electrons. The molecule has 0 rings (SSSR count). The van der Waals surface area contributed by atoms with Crippen molar-refractivity contribution in [1.82, 2.24) is 0 Å². The van der Waals surface area contributed by atoms with Gasteiger partial charge in [0.15, 0.2) is 0 Å². The van der Waals surface area contributed by atoms with E-state index in [-0.39, 0.29) is 35.7 Å². The summed E-state index contributed by atoms with van der Waals surface area (Å²) in [5.41, 5.74) is 0. The van der Waals surface area contributed by atoms with Gasteiger partial charge in [0.1, 0.15) is 0 Å². The van der Waals surface area contributed by atoms with Gasteiger partial charge in [-0.3, -0.25) is 0 Å². The normalized spacial score (nSPS) is 12.4. The van der Waals surface area contributed by atoms with Crippen LogP contribution in [0, 0.1) is 0 Å². The van der Waals surface area contributed by atoms with Crippen LogP contribution in [0.25, 0.3) is 0 Å². The van der Waals surface area contributed by atoms with Crippen LogP contribution in [0.15, 0.2) is 0 Å².